The van der Waals surface area contributed by atoms with Crippen LogP contribution in [0.3, 0.4) is 0 Å². The van der Waals surface area contributed by atoms with Gasteiger partial charge in [-0.2, -0.15) is 0 Å². The largest absolute Gasteiger partial charge is 0.389 e. The van der Waals surface area contributed by atoms with Crippen LogP contribution in [0.2, 0.25) is 0 Å². The highest BCUT2D eigenvalue weighted by molar-refractivity contribution is 7.80. The molecule has 8 nitrogen and oxygen atoms in total. The van der Waals surface area contributed by atoms with Crippen molar-refractivity contribution >= 4 is 34.1 Å². The summed E-state index contributed by atoms with van der Waals surface area (Å²) in [5.74, 6) is 0.168. The third kappa shape index (κ3) is 2.11. The third-order valence-corrected chi connectivity index (χ3v) is 3.89. The second kappa shape index (κ2) is 5.39. The van der Waals surface area contributed by atoms with E-state index in [2.05, 4.69) is 9.97 Å². The van der Waals surface area contributed by atoms with Gasteiger partial charge in [0.1, 0.15) is 47.8 Å². The quantitative estimate of drug-likeness (QED) is 0.541. The molecule has 0 amide bonds. The maximum absolute atomic E-state index is 12.8. The summed E-state index contributed by atoms with van der Waals surface area (Å²) in [4.78, 5) is 8.04. The van der Waals surface area contributed by atoms with Crippen molar-refractivity contribution in [1.82, 2.24) is 14.5 Å². The van der Waals surface area contributed by atoms with Gasteiger partial charge in [0.15, 0.2) is 6.23 Å². The number of thiocarbonyl (C=S) groups is 1. The molecule has 10 heteroatoms. The number of alkyl halides is 1. The zero-order valence-electron chi connectivity index (χ0n) is 11.3. The summed E-state index contributed by atoms with van der Waals surface area (Å²) in [7, 11) is 0. The molecule has 0 bridgehead atoms. The number of ether oxygens (including phenoxy) is 1. The minimum absolute atomic E-state index is 0.0697. The van der Waals surface area contributed by atoms with Gasteiger partial charge in [-0.1, -0.05) is 12.2 Å². The van der Waals surface area contributed by atoms with Gasteiger partial charge in [0.05, 0.1) is 5.39 Å². The van der Waals surface area contributed by atoms with E-state index in [9.17, 15) is 14.6 Å². The molecule has 0 unspecified atom stereocenters. The molecule has 4 atom stereocenters. The van der Waals surface area contributed by atoms with Crippen LogP contribution in [0.25, 0.3) is 11.0 Å². The van der Waals surface area contributed by atoms with Crippen molar-refractivity contribution in [2.45, 2.75) is 24.5 Å². The van der Waals surface area contributed by atoms with Crippen molar-refractivity contribution in [3.63, 3.8) is 0 Å². The summed E-state index contributed by atoms with van der Waals surface area (Å²) in [6, 6.07) is 0. The fourth-order valence-electron chi connectivity index (χ4n) is 2.58. The third-order valence-electron chi connectivity index (χ3n) is 3.67. The van der Waals surface area contributed by atoms with Crippen LogP contribution < -0.4 is 11.5 Å². The number of aliphatic hydroxyl groups excluding tert-OH is 2. The summed E-state index contributed by atoms with van der Waals surface area (Å²) >= 11 is 4.98. The number of hydrogen-bond acceptors (Lipinski definition) is 7. The lowest BCUT2D eigenvalue weighted by Crippen LogP contribution is -2.32. The van der Waals surface area contributed by atoms with Crippen molar-refractivity contribution in [2.24, 2.45) is 5.73 Å². The zero-order valence-corrected chi connectivity index (χ0v) is 12.1. The lowest BCUT2D eigenvalue weighted by molar-refractivity contribution is -0.0406. The number of nitrogen functional groups attached to an aromatic ring is 1. The molecule has 2 aromatic heterocycles. The Labute approximate surface area is 129 Å². The molecular formula is C12H14FN5O3S. The Morgan fingerprint density at radius 3 is 2.73 bits per heavy atom. The molecule has 3 heterocycles. The molecule has 6 N–H and O–H groups in total. The van der Waals surface area contributed by atoms with Gasteiger partial charge in [-0.3, -0.25) is 0 Å². The molecule has 3 rings (SSSR count). The van der Waals surface area contributed by atoms with E-state index in [-0.39, 0.29) is 10.8 Å². The van der Waals surface area contributed by atoms with Gasteiger partial charge < -0.3 is 31.0 Å². The topological polar surface area (TPSA) is 132 Å². The van der Waals surface area contributed by atoms with Crippen molar-refractivity contribution in [3.05, 3.63) is 18.1 Å². The highest BCUT2D eigenvalue weighted by atomic mass is 32.1. The lowest BCUT2D eigenvalue weighted by Gasteiger charge is -2.17. The van der Waals surface area contributed by atoms with E-state index in [1.165, 1.54) is 17.1 Å². The summed E-state index contributed by atoms with van der Waals surface area (Å²) in [5, 5.41) is 20.3. The Morgan fingerprint density at radius 1 is 1.41 bits per heavy atom. The smallest absolute Gasteiger partial charge is 0.164 e. The van der Waals surface area contributed by atoms with Gasteiger partial charge >= 0.3 is 0 Å². The zero-order chi connectivity index (χ0) is 16.0. The monoisotopic (exact) mass is 327 g/mol. The summed E-state index contributed by atoms with van der Waals surface area (Å²) in [6.07, 6.45) is -2.09. The van der Waals surface area contributed by atoms with Crippen LogP contribution in [0, 0.1) is 0 Å². The van der Waals surface area contributed by atoms with E-state index in [1.807, 2.05) is 0 Å². The molecule has 0 radical (unpaired) electrons. The van der Waals surface area contributed by atoms with Crippen LogP contribution in [0.4, 0.5) is 10.2 Å². The molecule has 22 heavy (non-hydrogen) atoms. The van der Waals surface area contributed by atoms with E-state index >= 15 is 0 Å². The molecule has 1 aliphatic heterocycles. The highest BCUT2D eigenvalue weighted by Crippen LogP contribution is 2.34. The first kappa shape index (κ1) is 15.0. The van der Waals surface area contributed by atoms with E-state index in [4.69, 9.17) is 28.4 Å². The number of rotatable bonds is 3. The second-order valence-electron chi connectivity index (χ2n) is 4.97. The van der Waals surface area contributed by atoms with Gasteiger partial charge in [-0.15, -0.1) is 0 Å². The first-order chi connectivity index (χ1) is 10.5. The van der Waals surface area contributed by atoms with E-state index in [0.717, 1.165) is 0 Å². The van der Waals surface area contributed by atoms with Crippen molar-refractivity contribution in [2.75, 3.05) is 12.4 Å². The molecule has 0 aliphatic carbocycles. The average Bonchev–Trinajstić information content (AvgIpc) is 3.00. The number of hydrogen-bond donors (Lipinski definition) is 4. The molecule has 1 fully saturated rings. The molecule has 1 aliphatic rings. The normalized spacial score (nSPS) is 28.3. The molecule has 0 aromatic carbocycles. The SMILES string of the molecule is NC(=S)c1cn([C@@H]2O[C@H](CF)[C@@H](O)[C@H]2O)c2ncnc(N)c12. The fraction of sp³-hybridized carbons (Fsp3) is 0.417. The Kier molecular flexibility index (Phi) is 3.68. The predicted molar refractivity (Wildman–Crippen MR) is 79.7 cm³/mol. The van der Waals surface area contributed by atoms with E-state index < -0.39 is 31.2 Å². The minimum atomic E-state index is -1.35. The number of anilines is 1. The molecular weight excluding hydrogens is 313 g/mol. The molecule has 0 spiro atoms. The van der Waals surface area contributed by atoms with Gasteiger partial charge in [0.25, 0.3) is 0 Å². The minimum Gasteiger partial charge on any atom is -0.389 e. The Balaban J connectivity index is 2.16. The number of fused-ring (bicyclic) bond motifs is 1. The molecule has 2 aromatic rings. The van der Waals surface area contributed by atoms with Crippen molar-refractivity contribution < 1.29 is 19.3 Å². The van der Waals surface area contributed by atoms with Crippen LogP contribution in [-0.2, 0) is 4.74 Å². The first-order valence-corrected chi connectivity index (χ1v) is 6.85. The molecule has 0 saturated carbocycles. The van der Waals surface area contributed by atoms with Crippen molar-refractivity contribution in [3.8, 4) is 0 Å². The molecule has 118 valence electrons. The van der Waals surface area contributed by atoms with Gasteiger partial charge in [0.2, 0.25) is 0 Å². The maximum atomic E-state index is 12.8. The highest BCUT2D eigenvalue weighted by Gasteiger charge is 2.44. The van der Waals surface area contributed by atoms with Gasteiger partial charge in [0, 0.05) is 11.8 Å². The Morgan fingerprint density at radius 2 is 2.14 bits per heavy atom. The first-order valence-electron chi connectivity index (χ1n) is 6.44. The predicted octanol–water partition coefficient (Wildman–Crippen LogP) is -0.764. The molecule has 1 saturated heterocycles. The number of aliphatic hydroxyl groups is 2. The summed E-state index contributed by atoms with van der Waals surface area (Å²) < 4.78 is 19.6. The maximum Gasteiger partial charge on any atom is 0.164 e. The summed E-state index contributed by atoms with van der Waals surface area (Å²) in [5.41, 5.74) is 12.2. The van der Waals surface area contributed by atoms with E-state index in [0.29, 0.717) is 16.6 Å². The average molecular weight is 327 g/mol. The summed E-state index contributed by atoms with van der Waals surface area (Å²) in [6.45, 7) is -0.923. The number of halogens is 1. The number of aromatic nitrogens is 3. The number of nitrogens with two attached hydrogens (primary N) is 2. The van der Waals surface area contributed by atoms with Crippen LogP contribution in [0.5, 0.6) is 0 Å². The number of nitrogens with zero attached hydrogens (tertiary/aromatic N) is 3. The second-order valence-corrected chi connectivity index (χ2v) is 5.41. The Hall–Kier alpha value is -1.88. The van der Waals surface area contributed by atoms with Gasteiger partial charge in [-0.25, -0.2) is 14.4 Å². The van der Waals surface area contributed by atoms with Gasteiger partial charge in [-0.05, 0) is 0 Å². The van der Waals surface area contributed by atoms with E-state index in [1.54, 1.807) is 0 Å². The van der Waals surface area contributed by atoms with Crippen LogP contribution in [-0.4, -0.2) is 54.7 Å². The van der Waals surface area contributed by atoms with Crippen LogP contribution >= 0.6 is 12.2 Å². The van der Waals surface area contributed by atoms with Crippen molar-refractivity contribution in [1.29, 1.82) is 0 Å². The van der Waals surface area contributed by atoms with Crippen LogP contribution in [0.1, 0.15) is 11.8 Å². The standard InChI is InChI=1S/C12H14FN5O3S/c13-1-5-7(19)8(20)12(21-5)18-2-4(10(15)22)6-9(14)16-3-17-11(6)18/h2-3,5,7-8,12,19-20H,1H2,(H2,15,22)(H2,14,16,17)/t5-,7-,8-,12-/m1/s1. The Bertz CT molecular complexity index is 739. The van der Waals surface area contributed by atoms with Crippen LogP contribution in [0.15, 0.2) is 12.5 Å². The lowest BCUT2D eigenvalue weighted by atomic mass is 10.1. The fourth-order valence-corrected chi connectivity index (χ4v) is 2.73.